The molecule has 4 aromatic carbocycles. The van der Waals surface area contributed by atoms with Gasteiger partial charge in [-0.3, -0.25) is 0 Å². The Kier molecular flexibility index (Phi) is 10.7. The summed E-state index contributed by atoms with van der Waals surface area (Å²) in [6, 6.07) is 28.2. The number of benzene rings is 4. The average molecular weight is 683 g/mol. The van der Waals surface area contributed by atoms with E-state index in [2.05, 4.69) is 29.2 Å². The minimum absolute atomic E-state index is 0.0378. The second-order valence-corrected chi connectivity index (χ2v) is 14.0. The summed E-state index contributed by atoms with van der Waals surface area (Å²) in [6.07, 6.45) is 1.54. The zero-order valence-corrected chi connectivity index (χ0v) is 29.3. The molecule has 0 aliphatic carbocycles. The molecule has 0 amide bonds. The molecule has 9 nitrogen and oxygen atoms in total. The van der Waals surface area contributed by atoms with Crippen molar-refractivity contribution in [3.8, 4) is 27.8 Å². The van der Waals surface area contributed by atoms with Crippen molar-refractivity contribution in [2.45, 2.75) is 58.0 Å². The summed E-state index contributed by atoms with van der Waals surface area (Å²) in [5.41, 5.74) is 2.41. The first kappa shape index (κ1) is 34.2. The van der Waals surface area contributed by atoms with Crippen LogP contribution in [0.5, 0.6) is 17.2 Å². The van der Waals surface area contributed by atoms with Crippen molar-refractivity contribution in [2.24, 2.45) is 0 Å². The third kappa shape index (κ3) is 8.51. The first-order valence-corrected chi connectivity index (χ1v) is 17.2. The second kappa shape index (κ2) is 15.3. The SMILES string of the molecule is COc1cc(COC2CN(OC(=O)OC(C)(C)C)CCC2c2ccc(OCc3cnc(-c4ccccc4)s3)cc2)c(OC)c2ccccc12. The van der Waals surface area contributed by atoms with E-state index in [1.165, 1.54) is 0 Å². The van der Waals surface area contributed by atoms with Gasteiger partial charge in [0.05, 0.1) is 38.4 Å². The number of ether oxygens (including phenoxy) is 5. The number of carbonyl (C=O) groups excluding carboxylic acids is 1. The third-order valence-corrected chi connectivity index (χ3v) is 9.31. The Balaban J connectivity index is 1.17. The molecule has 1 saturated heterocycles. The molecular weight excluding hydrogens is 641 g/mol. The molecule has 1 aliphatic rings. The van der Waals surface area contributed by atoms with E-state index in [0.717, 1.165) is 54.6 Å². The molecule has 5 aromatic rings. The Morgan fingerprint density at radius 3 is 2.37 bits per heavy atom. The van der Waals surface area contributed by atoms with Gasteiger partial charge >= 0.3 is 6.16 Å². The van der Waals surface area contributed by atoms with Gasteiger partial charge in [0.2, 0.25) is 0 Å². The van der Waals surface area contributed by atoms with Crippen LogP contribution < -0.4 is 14.2 Å². The molecule has 6 rings (SSSR count). The van der Waals surface area contributed by atoms with E-state index >= 15 is 0 Å². The molecule has 0 spiro atoms. The predicted octanol–water partition coefficient (Wildman–Crippen LogP) is 8.80. The number of carbonyl (C=O) groups is 1. The van der Waals surface area contributed by atoms with Crippen LogP contribution in [0.2, 0.25) is 0 Å². The number of nitrogens with zero attached hydrogens (tertiary/aromatic N) is 2. The zero-order chi connectivity index (χ0) is 34.4. The lowest BCUT2D eigenvalue weighted by Gasteiger charge is -2.37. The molecule has 49 heavy (non-hydrogen) atoms. The highest BCUT2D eigenvalue weighted by atomic mass is 32.1. The molecule has 2 atom stereocenters. The zero-order valence-electron chi connectivity index (χ0n) is 28.5. The van der Waals surface area contributed by atoms with E-state index in [9.17, 15) is 4.79 Å². The van der Waals surface area contributed by atoms with Crippen molar-refractivity contribution >= 4 is 28.3 Å². The lowest BCUT2D eigenvalue weighted by molar-refractivity contribution is -0.179. The van der Waals surface area contributed by atoms with E-state index in [0.29, 0.717) is 26.1 Å². The predicted molar refractivity (Wildman–Crippen MR) is 190 cm³/mol. The van der Waals surface area contributed by atoms with Gasteiger partial charge < -0.3 is 28.5 Å². The summed E-state index contributed by atoms with van der Waals surface area (Å²) in [7, 11) is 3.33. The van der Waals surface area contributed by atoms with Crippen molar-refractivity contribution in [1.29, 1.82) is 0 Å². The van der Waals surface area contributed by atoms with E-state index in [1.54, 1.807) is 30.6 Å². The van der Waals surface area contributed by atoms with Crippen LogP contribution in [0.25, 0.3) is 21.3 Å². The van der Waals surface area contributed by atoms with Crippen LogP contribution in [-0.2, 0) is 27.5 Å². The van der Waals surface area contributed by atoms with Gasteiger partial charge in [-0.25, -0.2) is 9.78 Å². The van der Waals surface area contributed by atoms with Gasteiger partial charge in [-0.2, -0.15) is 0 Å². The average Bonchev–Trinajstić information content (AvgIpc) is 3.58. The van der Waals surface area contributed by atoms with Crippen LogP contribution in [0.3, 0.4) is 0 Å². The highest BCUT2D eigenvalue weighted by molar-refractivity contribution is 7.15. The summed E-state index contributed by atoms with van der Waals surface area (Å²) in [6.45, 7) is 7.04. The summed E-state index contributed by atoms with van der Waals surface area (Å²) in [5, 5.41) is 4.52. The summed E-state index contributed by atoms with van der Waals surface area (Å²) in [5.74, 6) is 2.30. The van der Waals surface area contributed by atoms with Gasteiger partial charge in [0.1, 0.15) is 34.5 Å². The number of thiazole rings is 1. The summed E-state index contributed by atoms with van der Waals surface area (Å²) < 4.78 is 29.8. The Bertz CT molecular complexity index is 1850. The summed E-state index contributed by atoms with van der Waals surface area (Å²) >= 11 is 1.63. The topological polar surface area (TPSA) is 88.6 Å². The largest absolute Gasteiger partial charge is 0.528 e. The summed E-state index contributed by atoms with van der Waals surface area (Å²) in [4.78, 5) is 23.8. The Hall–Kier alpha value is -4.64. The van der Waals surface area contributed by atoms with Gasteiger partial charge in [0.25, 0.3) is 0 Å². The minimum Gasteiger partial charge on any atom is -0.496 e. The molecule has 1 fully saturated rings. The lowest BCUT2D eigenvalue weighted by Crippen LogP contribution is -2.45. The number of piperidine rings is 1. The highest BCUT2D eigenvalue weighted by Crippen LogP contribution is 2.39. The van der Waals surface area contributed by atoms with Crippen LogP contribution in [0, 0.1) is 0 Å². The van der Waals surface area contributed by atoms with Crippen molar-refractivity contribution in [3.63, 3.8) is 0 Å². The number of hydrogen-bond donors (Lipinski definition) is 0. The number of hydrogen-bond acceptors (Lipinski definition) is 10. The molecule has 2 heterocycles. The first-order chi connectivity index (χ1) is 23.7. The normalized spacial score (nSPS) is 16.7. The van der Waals surface area contributed by atoms with E-state index in [4.69, 9.17) is 28.5 Å². The Morgan fingerprint density at radius 1 is 0.918 bits per heavy atom. The van der Waals surface area contributed by atoms with Crippen molar-refractivity contribution in [1.82, 2.24) is 10.0 Å². The third-order valence-electron chi connectivity index (χ3n) is 8.29. The van der Waals surface area contributed by atoms with Crippen LogP contribution in [-0.4, -0.2) is 55.2 Å². The highest BCUT2D eigenvalue weighted by Gasteiger charge is 2.34. The van der Waals surface area contributed by atoms with Crippen LogP contribution in [0.4, 0.5) is 4.79 Å². The van der Waals surface area contributed by atoms with Crippen molar-refractivity contribution in [3.05, 3.63) is 107 Å². The molecule has 0 N–H and O–H groups in total. The molecule has 0 radical (unpaired) electrons. The molecule has 256 valence electrons. The maximum Gasteiger partial charge on any atom is 0.528 e. The number of aromatic nitrogens is 1. The Labute approximate surface area is 291 Å². The standard InChI is InChI=1S/C39H42N2O7S/c1-39(2,3)47-38(42)48-41-20-19-31(35(23-41)46-24-28-21-34(43-4)32-13-9-10-14-33(32)36(28)44-5)26-15-17-29(18-16-26)45-25-30-22-40-37(49-30)27-11-7-6-8-12-27/h6-18,21-22,31,35H,19-20,23-25H2,1-5H3. The van der Waals surface area contributed by atoms with Gasteiger partial charge in [0.15, 0.2) is 0 Å². The van der Waals surface area contributed by atoms with Gasteiger partial charge in [-0.15, -0.1) is 16.4 Å². The fourth-order valence-corrected chi connectivity index (χ4v) is 6.86. The van der Waals surface area contributed by atoms with Crippen LogP contribution in [0.1, 0.15) is 49.1 Å². The van der Waals surface area contributed by atoms with Crippen LogP contribution in [0.15, 0.2) is 91.1 Å². The molecule has 0 saturated carbocycles. The smallest absolute Gasteiger partial charge is 0.496 e. The quantitative estimate of drug-likeness (QED) is 0.127. The van der Waals surface area contributed by atoms with Crippen LogP contribution >= 0.6 is 11.3 Å². The van der Waals surface area contributed by atoms with Crippen molar-refractivity contribution in [2.75, 3.05) is 27.3 Å². The number of rotatable bonds is 11. The van der Waals surface area contributed by atoms with Crippen molar-refractivity contribution < 1.29 is 33.3 Å². The van der Waals surface area contributed by atoms with Gasteiger partial charge in [-0.1, -0.05) is 66.7 Å². The maximum atomic E-state index is 12.5. The molecule has 0 bridgehead atoms. The molecule has 1 aromatic heterocycles. The number of hydroxylamine groups is 2. The fourth-order valence-electron chi connectivity index (χ4n) is 6.03. The molecular formula is C39H42N2O7S. The van der Waals surface area contributed by atoms with E-state index in [-0.39, 0.29) is 18.6 Å². The molecule has 2 unspecified atom stereocenters. The first-order valence-electron chi connectivity index (χ1n) is 16.3. The number of fused-ring (bicyclic) bond motifs is 1. The van der Waals surface area contributed by atoms with E-state index < -0.39 is 11.8 Å². The minimum atomic E-state index is -0.732. The van der Waals surface area contributed by atoms with Gasteiger partial charge in [-0.05, 0) is 51.0 Å². The molecule has 1 aliphatic heterocycles. The van der Waals surface area contributed by atoms with Gasteiger partial charge in [0, 0.05) is 40.6 Å². The monoisotopic (exact) mass is 682 g/mol. The maximum absolute atomic E-state index is 12.5. The molecule has 10 heteroatoms. The number of methoxy groups -OCH3 is 2. The second-order valence-electron chi connectivity index (χ2n) is 12.9. The van der Waals surface area contributed by atoms with E-state index in [1.807, 2.05) is 87.6 Å². The fraction of sp³-hybridized carbons (Fsp3) is 0.333. The lowest BCUT2D eigenvalue weighted by atomic mass is 9.87. The Morgan fingerprint density at radius 2 is 1.65 bits per heavy atom.